The Hall–Kier alpha value is -0.570. The second kappa shape index (κ2) is 5.26. The van der Waals surface area contributed by atoms with Crippen molar-refractivity contribution in [2.45, 2.75) is 57.9 Å². The summed E-state index contributed by atoms with van der Waals surface area (Å²) in [6, 6.07) is 0.303. The summed E-state index contributed by atoms with van der Waals surface area (Å²) >= 11 is 0. The van der Waals surface area contributed by atoms with Gasteiger partial charge < -0.3 is 10.6 Å². The maximum Gasteiger partial charge on any atom is 0.226 e. The van der Waals surface area contributed by atoms with E-state index in [4.69, 9.17) is 5.73 Å². The molecule has 0 aromatic rings. The van der Waals surface area contributed by atoms with Crippen molar-refractivity contribution in [2.24, 2.45) is 41.2 Å². The van der Waals surface area contributed by atoms with Gasteiger partial charge in [0.05, 0.1) is 0 Å². The van der Waals surface area contributed by atoms with E-state index in [2.05, 4.69) is 11.8 Å². The van der Waals surface area contributed by atoms with E-state index in [-0.39, 0.29) is 0 Å². The number of carbonyl (C=O) groups excluding carboxylic acids is 1. The SMILES string of the molecule is CCC1CN(C(=O)C2C3CC4CC(C3)CC2C4)CCC1N. The lowest BCUT2D eigenvalue weighted by molar-refractivity contribution is -0.151. The highest BCUT2D eigenvalue weighted by Gasteiger charge is 2.51. The molecule has 4 aliphatic carbocycles. The van der Waals surface area contributed by atoms with Crippen LogP contribution in [0.25, 0.3) is 0 Å². The molecular weight excluding hydrogens is 260 g/mol. The van der Waals surface area contributed by atoms with Gasteiger partial charge in [0.25, 0.3) is 0 Å². The minimum atomic E-state index is 0.303. The molecule has 2 N–H and O–H groups in total. The van der Waals surface area contributed by atoms with Crippen molar-refractivity contribution in [3.05, 3.63) is 0 Å². The standard InChI is InChI=1S/C18H30N2O/c1-2-13-10-20(4-3-16(13)19)18(21)17-14-6-11-5-12(8-14)9-15(17)7-11/h11-17H,2-10,19H2,1H3. The number of rotatable bonds is 2. The second-order valence-electron chi connectivity index (χ2n) is 8.36. The van der Waals surface area contributed by atoms with Gasteiger partial charge in [0.1, 0.15) is 0 Å². The summed E-state index contributed by atoms with van der Waals surface area (Å²) < 4.78 is 0. The Kier molecular flexibility index (Phi) is 3.52. The molecular formula is C18H30N2O. The van der Waals surface area contributed by atoms with E-state index in [1.807, 2.05) is 0 Å². The van der Waals surface area contributed by atoms with Crippen LogP contribution in [0.2, 0.25) is 0 Å². The quantitative estimate of drug-likeness (QED) is 0.850. The van der Waals surface area contributed by atoms with Crippen molar-refractivity contribution < 1.29 is 4.79 Å². The average molecular weight is 290 g/mol. The van der Waals surface area contributed by atoms with Crippen LogP contribution in [-0.4, -0.2) is 29.9 Å². The van der Waals surface area contributed by atoms with Crippen LogP contribution in [0, 0.1) is 35.5 Å². The van der Waals surface area contributed by atoms with Gasteiger partial charge in [0, 0.05) is 25.0 Å². The van der Waals surface area contributed by atoms with Crippen LogP contribution in [0.3, 0.4) is 0 Å². The third-order valence-electron chi connectivity index (χ3n) is 7.14. The van der Waals surface area contributed by atoms with E-state index in [0.717, 1.165) is 37.8 Å². The van der Waals surface area contributed by atoms with Gasteiger partial charge >= 0.3 is 0 Å². The molecule has 2 unspecified atom stereocenters. The molecule has 0 aromatic carbocycles. The van der Waals surface area contributed by atoms with Crippen LogP contribution in [0.15, 0.2) is 0 Å². The van der Waals surface area contributed by atoms with Gasteiger partial charge in [-0.25, -0.2) is 0 Å². The molecule has 1 amide bonds. The summed E-state index contributed by atoms with van der Waals surface area (Å²) in [5, 5.41) is 0. The number of likely N-dealkylation sites (tertiary alicyclic amines) is 1. The minimum absolute atomic E-state index is 0.303. The molecule has 3 nitrogen and oxygen atoms in total. The number of hydrogen-bond donors (Lipinski definition) is 1. The van der Waals surface area contributed by atoms with Crippen molar-refractivity contribution >= 4 is 5.91 Å². The fourth-order valence-electron chi connectivity index (χ4n) is 6.22. The lowest BCUT2D eigenvalue weighted by Gasteiger charge is -2.54. The minimum Gasteiger partial charge on any atom is -0.342 e. The van der Waals surface area contributed by atoms with Crippen LogP contribution >= 0.6 is 0 Å². The Morgan fingerprint density at radius 1 is 1.10 bits per heavy atom. The molecule has 5 fully saturated rings. The Morgan fingerprint density at radius 2 is 1.71 bits per heavy atom. The van der Waals surface area contributed by atoms with Crippen molar-refractivity contribution in [1.82, 2.24) is 4.90 Å². The summed E-state index contributed by atoms with van der Waals surface area (Å²) in [7, 11) is 0. The van der Waals surface area contributed by atoms with Crippen molar-refractivity contribution in [2.75, 3.05) is 13.1 Å². The first-order valence-corrected chi connectivity index (χ1v) is 9.20. The van der Waals surface area contributed by atoms with Crippen LogP contribution in [0.5, 0.6) is 0 Å². The zero-order chi connectivity index (χ0) is 14.6. The highest BCUT2D eigenvalue weighted by Crippen LogP contribution is 2.57. The van der Waals surface area contributed by atoms with Crippen LogP contribution in [0.1, 0.15) is 51.9 Å². The molecule has 2 atom stereocenters. The van der Waals surface area contributed by atoms with E-state index in [1.54, 1.807) is 0 Å². The predicted molar refractivity (Wildman–Crippen MR) is 83.5 cm³/mol. The topological polar surface area (TPSA) is 46.3 Å². The molecule has 118 valence electrons. The number of amides is 1. The average Bonchev–Trinajstić information content (AvgIpc) is 2.46. The summed E-state index contributed by atoms with van der Waals surface area (Å²) in [4.78, 5) is 15.3. The highest BCUT2D eigenvalue weighted by molar-refractivity contribution is 5.80. The summed E-state index contributed by atoms with van der Waals surface area (Å²) in [6.45, 7) is 4.03. The van der Waals surface area contributed by atoms with E-state index in [9.17, 15) is 4.79 Å². The highest BCUT2D eigenvalue weighted by atomic mass is 16.2. The van der Waals surface area contributed by atoms with Crippen LogP contribution < -0.4 is 5.73 Å². The van der Waals surface area contributed by atoms with Crippen molar-refractivity contribution in [1.29, 1.82) is 0 Å². The number of carbonyl (C=O) groups is 1. The molecule has 3 heteroatoms. The van der Waals surface area contributed by atoms with Gasteiger partial charge in [-0.3, -0.25) is 4.79 Å². The normalized spacial score (nSPS) is 48.7. The number of piperidine rings is 1. The number of nitrogens with zero attached hydrogens (tertiary/aromatic N) is 1. The summed E-state index contributed by atoms with van der Waals surface area (Å²) in [5.41, 5.74) is 6.21. The summed E-state index contributed by atoms with van der Waals surface area (Å²) in [5.74, 6) is 4.71. The molecule has 0 radical (unpaired) electrons. The van der Waals surface area contributed by atoms with Gasteiger partial charge in [-0.05, 0) is 68.1 Å². The molecule has 21 heavy (non-hydrogen) atoms. The van der Waals surface area contributed by atoms with Crippen molar-refractivity contribution in [3.8, 4) is 0 Å². The maximum atomic E-state index is 13.1. The fraction of sp³-hybridized carbons (Fsp3) is 0.944. The van der Waals surface area contributed by atoms with E-state index >= 15 is 0 Å². The van der Waals surface area contributed by atoms with E-state index in [1.165, 1.54) is 32.1 Å². The molecule has 5 rings (SSSR count). The Balaban J connectivity index is 1.47. The Bertz CT molecular complexity index is 393. The third kappa shape index (κ3) is 2.32. The summed E-state index contributed by atoms with van der Waals surface area (Å²) in [6.07, 6.45) is 8.93. The molecule has 1 aliphatic heterocycles. The van der Waals surface area contributed by atoms with Gasteiger partial charge in [-0.1, -0.05) is 13.3 Å². The lowest BCUT2D eigenvalue weighted by Crippen LogP contribution is -2.55. The monoisotopic (exact) mass is 290 g/mol. The molecule has 1 heterocycles. The first-order chi connectivity index (χ1) is 10.2. The third-order valence-corrected chi connectivity index (χ3v) is 7.14. The first kappa shape index (κ1) is 14.0. The van der Waals surface area contributed by atoms with Crippen LogP contribution in [0.4, 0.5) is 0 Å². The Morgan fingerprint density at radius 3 is 2.29 bits per heavy atom. The molecule has 0 spiro atoms. The zero-order valence-corrected chi connectivity index (χ0v) is 13.3. The predicted octanol–water partition coefficient (Wildman–Crippen LogP) is 2.64. The molecule has 4 bridgehead atoms. The van der Waals surface area contributed by atoms with E-state index in [0.29, 0.717) is 35.6 Å². The van der Waals surface area contributed by atoms with Gasteiger partial charge in [0.2, 0.25) is 5.91 Å². The van der Waals surface area contributed by atoms with Gasteiger partial charge in [0.15, 0.2) is 0 Å². The lowest BCUT2D eigenvalue weighted by atomic mass is 9.51. The van der Waals surface area contributed by atoms with Gasteiger partial charge in [-0.2, -0.15) is 0 Å². The van der Waals surface area contributed by atoms with Crippen molar-refractivity contribution in [3.63, 3.8) is 0 Å². The molecule has 5 aliphatic rings. The maximum absolute atomic E-state index is 13.1. The molecule has 1 saturated heterocycles. The molecule has 4 saturated carbocycles. The number of hydrogen-bond acceptors (Lipinski definition) is 2. The fourth-order valence-corrected chi connectivity index (χ4v) is 6.22. The largest absolute Gasteiger partial charge is 0.342 e. The first-order valence-electron chi connectivity index (χ1n) is 9.20. The van der Waals surface area contributed by atoms with E-state index < -0.39 is 0 Å². The Labute approximate surface area is 128 Å². The van der Waals surface area contributed by atoms with Gasteiger partial charge in [-0.15, -0.1) is 0 Å². The molecule has 0 aromatic heterocycles. The zero-order valence-electron chi connectivity index (χ0n) is 13.3. The smallest absolute Gasteiger partial charge is 0.226 e. The number of nitrogens with two attached hydrogens (primary N) is 1. The van der Waals surface area contributed by atoms with Crippen LogP contribution in [-0.2, 0) is 4.79 Å². The second-order valence-corrected chi connectivity index (χ2v) is 8.36.